The number of aliphatic hydroxyl groups excluding tert-OH is 1. The zero-order valence-corrected chi connectivity index (χ0v) is 11.8. The minimum Gasteiger partial charge on any atom is -0.477 e. The third-order valence-electron chi connectivity index (χ3n) is 2.72. The van der Waals surface area contributed by atoms with Gasteiger partial charge in [0, 0.05) is 12.3 Å². The Morgan fingerprint density at radius 1 is 1.27 bits per heavy atom. The van der Waals surface area contributed by atoms with Crippen LogP contribution in [0.1, 0.15) is 24.2 Å². The first-order valence-electron chi connectivity index (χ1n) is 6.10. The molecule has 0 spiro atoms. The quantitative estimate of drug-likeness (QED) is 0.244. The molecule has 0 aliphatic heterocycles. The fourth-order valence-electron chi connectivity index (χ4n) is 1.40. The number of aliphatic hydroxyl groups is 1. The predicted octanol–water partition coefficient (Wildman–Crippen LogP) is 1.62. The van der Waals surface area contributed by atoms with Crippen LogP contribution < -0.4 is 5.32 Å². The van der Waals surface area contributed by atoms with Crippen LogP contribution in [0.5, 0.6) is 0 Å². The van der Waals surface area contributed by atoms with E-state index in [9.17, 15) is 22.8 Å². The van der Waals surface area contributed by atoms with E-state index in [-0.39, 0.29) is 12.7 Å². The van der Waals surface area contributed by atoms with E-state index in [1.54, 1.807) is 0 Å². The number of halogens is 3. The molecule has 0 radical (unpaired) electrons. The number of carboxylic acids is 1. The van der Waals surface area contributed by atoms with Gasteiger partial charge in [0.25, 0.3) is 0 Å². The number of hydrogen-bond donors (Lipinski definition) is 3. The van der Waals surface area contributed by atoms with Gasteiger partial charge in [0.2, 0.25) is 5.78 Å². The first kappa shape index (κ1) is 17.7. The van der Waals surface area contributed by atoms with Crippen molar-refractivity contribution in [3.05, 3.63) is 46.9 Å². The number of rotatable bonds is 6. The Morgan fingerprint density at radius 2 is 1.86 bits per heavy atom. The van der Waals surface area contributed by atoms with Gasteiger partial charge >= 0.3 is 5.97 Å². The molecule has 0 saturated carbocycles. The molecule has 8 heteroatoms. The van der Waals surface area contributed by atoms with Gasteiger partial charge in [0.05, 0.1) is 17.7 Å². The summed E-state index contributed by atoms with van der Waals surface area (Å²) in [6.45, 7) is 2.64. The molecular formula is C14H14F3NO4. The van der Waals surface area contributed by atoms with Crippen LogP contribution in [-0.4, -0.2) is 34.1 Å². The Bertz CT molecular complexity index is 641. The smallest absolute Gasteiger partial charge is 0.341 e. The SMILES string of the molecule is CC(C)(CO)NC=C(C(=O)O)C(=O)c1cc(F)cc(F)c1F. The van der Waals surface area contributed by atoms with Crippen LogP contribution in [0.3, 0.4) is 0 Å². The Balaban J connectivity index is 3.26. The standard InChI is InChI=1S/C14H14F3NO4/c1-14(2,6-19)18-5-9(13(21)22)12(20)8-3-7(15)4-10(16)11(8)17/h3-5,18-19H,6H2,1-2H3,(H,21,22). The summed E-state index contributed by atoms with van der Waals surface area (Å²) >= 11 is 0. The third-order valence-corrected chi connectivity index (χ3v) is 2.72. The lowest BCUT2D eigenvalue weighted by Crippen LogP contribution is -2.40. The maximum absolute atomic E-state index is 13.6. The second kappa shape index (κ2) is 6.61. The lowest BCUT2D eigenvalue weighted by molar-refractivity contribution is -0.132. The van der Waals surface area contributed by atoms with E-state index >= 15 is 0 Å². The Kier molecular flexibility index (Phi) is 5.32. The topological polar surface area (TPSA) is 86.6 Å². The molecule has 0 unspecified atom stereocenters. The van der Waals surface area contributed by atoms with E-state index in [1.165, 1.54) is 13.8 Å². The normalized spacial score (nSPS) is 12.2. The van der Waals surface area contributed by atoms with Crippen molar-refractivity contribution < 1.29 is 33.0 Å². The molecule has 0 heterocycles. The monoisotopic (exact) mass is 317 g/mol. The summed E-state index contributed by atoms with van der Waals surface area (Å²) in [4.78, 5) is 23.1. The Hall–Kier alpha value is -2.35. The highest BCUT2D eigenvalue weighted by atomic mass is 19.2. The van der Waals surface area contributed by atoms with E-state index in [0.29, 0.717) is 6.07 Å². The molecule has 120 valence electrons. The molecule has 1 aromatic carbocycles. The fraction of sp³-hybridized carbons (Fsp3) is 0.286. The molecule has 0 fully saturated rings. The molecule has 0 amide bonds. The summed E-state index contributed by atoms with van der Waals surface area (Å²) in [5.74, 6) is -7.56. The lowest BCUT2D eigenvalue weighted by Gasteiger charge is -2.22. The first-order chi connectivity index (χ1) is 10.1. The molecule has 22 heavy (non-hydrogen) atoms. The van der Waals surface area contributed by atoms with Gasteiger partial charge in [0.15, 0.2) is 11.6 Å². The number of nitrogens with one attached hydrogen (secondary N) is 1. The maximum Gasteiger partial charge on any atom is 0.341 e. The second-order valence-electron chi connectivity index (χ2n) is 5.13. The molecule has 3 N–H and O–H groups in total. The summed E-state index contributed by atoms with van der Waals surface area (Å²) < 4.78 is 39.8. The van der Waals surface area contributed by atoms with Crippen LogP contribution >= 0.6 is 0 Å². The maximum atomic E-state index is 13.6. The molecular weight excluding hydrogens is 303 g/mol. The highest BCUT2D eigenvalue weighted by Gasteiger charge is 2.26. The average molecular weight is 317 g/mol. The van der Waals surface area contributed by atoms with Crippen molar-refractivity contribution >= 4 is 11.8 Å². The number of hydrogen-bond acceptors (Lipinski definition) is 4. The van der Waals surface area contributed by atoms with Crippen LogP contribution in [0.4, 0.5) is 13.2 Å². The molecule has 1 rings (SSSR count). The van der Waals surface area contributed by atoms with Crippen LogP contribution in [0.25, 0.3) is 0 Å². The van der Waals surface area contributed by atoms with Crippen molar-refractivity contribution in [2.24, 2.45) is 0 Å². The van der Waals surface area contributed by atoms with Gasteiger partial charge in [-0.25, -0.2) is 18.0 Å². The average Bonchev–Trinajstić information content (AvgIpc) is 2.42. The van der Waals surface area contributed by atoms with E-state index < -0.39 is 45.9 Å². The van der Waals surface area contributed by atoms with Crippen LogP contribution in [0, 0.1) is 17.5 Å². The number of carboxylic acid groups (broad SMARTS) is 1. The van der Waals surface area contributed by atoms with Crippen molar-refractivity contribution in [2.45, 2.75) is 19.4 Å². The largest absolute Gasteiger partial charge is 0.477 e. The highest BCUT2D eigenvalue weighted by molar-refractivity contribution is 6.23. The van der Waals surface area contributed by atoms with Crippen molar-refractivity contribution in [2.75, 3.05) is 6.61 Å². The van der Waals surface area contributed by atoms with Gasteiger partial charge in [-0.2, -0.15) is 0 Å². The number of carbonyl (C=O) groups excluding carboxylic acids is 1. The molecule has 0 bridgehead atoms. The molecule has 0 aromatic heterocycles. The van der Waals surface area contributed by atoms with Crippen molar-refractivity contribution in [3.8, 4) is 0 Å². The van der Waals surface area contributed by atoms with Gasteiger partial charge in [0.1, 0.15) is 11.4 Å². The van der Waals surface area contributed by atoms with Gasteiger partial charge in [-0.3, -0.25) is 4.79 Å². The zero-order valence-electron chi connectivity index (χ0n) is 11.8. The number of aliphatic carboxylic acids is 1. The summed E-state index contributed by atoms with van der Waals surface area (Å²) in [5, 5.41) is 20.5. The molecule has 0 aliphatic carbocycles. The minimum absolute atomic E-state index is 0.239. The van der Waals surface area contributed by atoms with Gasteiger partial charge < -0.3 is 15.5 Å². The number of carbonyl (C=O) groups is 2. The number of Topliss-reactive ketones (excluding diaryl/α,β-unsaturated/α-hetero) is 1. The van der Waals surface area contributed by atoms with E-state index in [1.807, 2.05) is 0 Å². The summed E-state index contributed by atoms with van der Waals surface area (Å²) in [6.07, 6.45) is 0.753. The number of ketones is 1. The van der Waals surface area contributed by atoms with Gasteiger partial charge in [-0.1, -0.05) is 0 Å². The van der Waals surface area contributed by atoms with Crippen molar-refractivity contribution in [1.29, 1.82) is 0 Å². The van der Waals surface area contributed by atoms with Crippen LogP contribution in [0.15, 0.2) is 23.9 Å². The van der Waals surface area contributed by atoms with Crippen molar-refractivity contribution in [3.63, 3.8) is 0 Å². The van der Waals surface area contributed by atoms with E-state index in [4.69, 9.17) is 10.2 Å². The molecule has 0 saturated heterocycles. The fourth-order valence-corrected chi connectivity index (χ4v) is 1.40. The third kappa shape index (κ3) is 4.08. The summed E-state index contributed by atoms with van der Waals surface area (Å²) in [7, 11) is 0. The van der Waals surface area contributed by atoms with E-state index in [0.717, 1.165) is 6.20 Å². The second-order valence-corrected chi connectivity index (χ2v) is 5.13. The minimum atomic E-state index is -1.71. The summed E-state index contributed by atoms with van der Waals surface area (Å²) in [6, 6.07) is 0.651. The van der Waals surface area contributed by atoms with E-state index in [2.05, 4.69) is 5.32 Å². The van der Waals surface area contributed by atoms with Gasteiger partial charge in [-0.05, 0) is 19.9 Å². The Labute approximate surface area is 124 Å². The molecule has 1 aromatic rings. The zero-order chi connectivity index (χ0) is 17.1. The highest BCUT2D eigenvalue weighted by Crippen LogP contribution is 2.18. The van der Waals surface area contributed by atoms with Gasteiger partial charge in [-0.15, -0.1) is 0 Å². The molecule has 5 nitrogen and oxygen atoms in total. The lowest BCUT2D eigenvalue weighted by atomic mass is 10.0. The molecule has 0 atom stereocenters. The predicted molar refractivity (Wildman–Crippen MR) is 70.7 cm³/mol. The summed E-state index contributed by atoms with van der Waals surface area (Å²) in [5.41, 5.74) is -2.91. The Morgan fingerprint density at radius 3 is 2.36 bits per heavy atom. The van der Waals surface area contributed by atoms with Crippen LogP contribution in [-0.2, 0) is 4.79 Å². The van der Waals surface area contributed by atoms with Crippen molar-refractivity contribution in [1.82, 2.24) is 5.32 Å². The first-order valence-corrected chi connectivity index (χ1v) is 6.10. The molecule has 0 aliphatic rings. The number of benzene rings is 1. The van der Waals surface area contributed by atoms with Crippen LogP contribution in [0.2, 0.25) is 0 Å².